The third-order valence-electron chi connectivity index (χ3n) is 5.43. The van der Waals surface area contributed by atoms with Gasteiger partial charge in [0.25, 0.3) is 0 Å². The zero-order chi connectivity index (χ0) is 21.3. The second kappa shape index (κ2) is 7.63. The van der Waals surface area contributed by atoms with Crippen LogP contribution < -0.4 is 15.2 Å². The molecule has 4 rings (SSSR count). The van der Waals surface area contributed by atoms with Gasteiger partial charge >= 0.3 is 0 Å². The molecule has 1 aliphatic heterocycles. The van der Waals surface area contributed by atoms with E-state index in [0.29, 0.717) is 29.2 Å². The molecule has 1 aliphatic rings. The molecule has 1 amide bonds. The van der Waals surface area contributed by atoms with E-state index in [1.807, 2.05) is 38.1 Å². The molecule has 6 heteroatoms. The van der Waals surface area contributed by atoms with E-state index < -0.39 is 11.5 Å². The number of carbonyl (C=O) groups excluding carboxylic acids is 2. The van der Waals surface area contributed by atoms with E-state index in [4.69, 9.17) is 15.2 Å². The van der Waals surface area contributed by atoms with Crippen LogP contribution in [0.2, 0.25) is 0 Å². The van der Waals surface area contributed by atoms with Crippen molar-refractivity contribution < 1.29 is 19.1 Å². The van der Waals surface area contributed by atoms with E-state index in [1.54, 1.807) is 42.7 Å². The van der Waals surface area contributed by atoms with Gasteiger partial charge < -0.3 is 15.2 Å². The molecule has 0 saturated carbocycles. The molecule has 2 atom stereocenters. The maximum Gasteiger partial charge on any atom is 0.248 e. The molecule has 0 bridgehead atoms. The Morgan fingerprint density at radius 3 is 2.43 bits per heavy atom. The Labute approximate surface area is 174 Å². The van der Waals surface area contributed by atoms with Gasteiger partial charge in [-0.15, -0.1) is 0 Å². The number of hydrogen-bond acceptors (Lipinski definition) is 5. The number of benzene rings is 2. The number of fused-ring (bicyclic) bond motifs is 1. The summed E-state index contributed by atoms with van der Waals surface area (Å²) in [4.78, 5) is 27.9. The highest BCUT2D eigenvalue weighted by Gasteiger charge is 2.33. The van der Waals surface area contributed by atoms with E-state index in [1.165, 1.54) is 0 Å². The van der Waals surface area contributed by atoms with Crippen molar-refractivity contribution in [2.45, 2.75) is 19.4 Å². The maximum atomic E-state index is 12.4. The van der Waals surface area contributed by atoms with Crippen molar-refractivity contribution >= 4 is 11.7 Å². The van der Waals surface area contributed by atoms with Crippen LogP contribution >= 0.6 is 0 Å². The number of amides is 1. The Balaban J connectivity index is 1.74. The number of nitrogens with zero attached hydrogens (tertiary/aromatic N) is 1. The lowest BCUT2D eigenvalue weighted by molar-refractivity contribution is 0.0846. The first kappa shape index (κ1) is 19.6. The first-order chi connectivity index (χ1) is 14.4. The lowest BCUT2D eigenvalue weighted by Gasteiger charge is -2.32. The number of pyridine rings is 1. The zero-order valence-corrected chi connectivity index (χ0v) is 16.8. The molecular weight excluding hydrogens is 380 g/mol. The Morgan fingerprint density at radius 2 is 1.77 bits per heavy atom. The molecule has 3 aromatic rings. The maximum absolute atomic E-state index is 12.4. The van der Waals surface area contributed by atoms with Crippen LogP contribution in [0.1, 0.15) is 45.7 Å². The minimum atomic E-state index is -0.876. The molecule has 0 saturated heterocycles. The van der Waals surface area contributed by atoms with Gasteiger partial charge in [-0.2, -0.15) is 0 Å². The van der Waals surface area contributed by atoms with Gasteiger partial charge in [-0.3, -0.25) is 14.6 Å². The van der Waals surface area contributed by atoms with E-state index in [0.717, 1.165) is 11.1 Å². The second-order valence-corrected chi connectivity index (χ2v) is 7.55. The molecule has 0 fully saturated rings. The van der Waals surface area contributed by atoms with E-state index in [2.05, 4.69) is 4.98 Å². The average molecular weight is 402 g/mol. The topological polar surface area (TPSA) is 91.5 Å². The van der Waals surface area contributed by atoms with Crippen molar-refractivity contribution in [2.24, 2.45) is 11.7 Å². The summed E-state index contributed by atoms with van der Waals surface area (Å²) < 4.78 is 12.2. The number of rotatable bonds is 5. The predicted molar refractivity (Wildman–Crippen MR) is 112 cm³/mol. The number of hydrogen-bond donors (Lipinski definition) is 1. The lowest BCUT2D eigenvalue weighted by atomic mass is 9.87. The standard InChI is InChI=1S/C24H22N2O4/c1-15-14-29-21-13-19(7-8-20(21)22(15)27)30-24(2,18-9-11-26-12-10-18)17-5-3-16(4-6-17)23(25)28/h3-13,15H,14H2,1-2H3,(H2,25,28)/t15-,24-/m0/s1. The van der Waals surface area contributed by atoms with Crippen molar-refractivity contribution in [3.8, 4) is 11.5 Å². The van der Waals surface area contributed by atoms with Crippen LogP contribution in [0, 0.1) is 5.92 Å². The van der Waals surface area contributed by atoms with Crippen LogP contribution in [-0.4, -0.2) is 23.3 Å². The fraction of sp³-hybridized carbons (Fsp3) is 0.208. The Morgan fingerprint density at radius 1 is 1.10 bits per heavy atom. The summed E-state index contributed by atoms with van der Waals surface area (Å²) in [7, 11) is 0. The predicted octanol–water partition coefficient (Wildman–Crippen LogP) is 3.73. The van der Waals surface area contributed by atoms with Gasteiger partial charge in [0.2, 0.25) is 5.91 Å². The summed E-state index contributed by atoms with van der Waals surface area (Å²) in [5.41, 5.74) is 7.20. The summed E-state index contributed by atoms with van der Waals surface area (Å²) in [6.07, 6.45) is 3.40. The number of ketones is 1. The normalized spacial score (nSPS) is 17.4. The average Bonchev–Trinajstić information content (AvgIpc) is 2.77. The van der Waals surface area contributed by atoms with E-state index >= 15 is 0 Å². The largest absolute Gasteiger partial charge is 0.492 e. The Hall–Kier alpha value is -3.67. The minimum absolute atomic E-state index is 0.0711. The lowest BCUT2D eigenvalue weighted by Crippen LogP contribution is -2.31. The molecule has 2 aromatic carbocycles. The SMILES string of the molecule is C[C@H]1COc2cc(O[C@](C)(c3ccncc3)c3ccc(C(N)=O)cc3)ccc2C1=O. The van der Waals surface area contributed by atoms with E-state index in [-0.39, 0.29) is 11.7 Å². The van der Waals surface area contributed by atoms with Gasteiger partial charge in [0.15, 0.2) is 11.4 Å². The van der Waals surface area contributed by atoms with Crippen molar-refractivity contribution in [3.05, 3.63) is 89.2 Å². The summed E-state index contributed by atoms with van der Waals surface area (Å²) >= 11 is 0. The number of aromatic nitrogens is 1. The summed E-state index contributed by atoms with van der Waals surface area (Å²) in [6, 6.07) is 16.0. The van der Waals surface area contributed by atoms with Crippen LogP contribution in [0.3, 0.4) is 0 Å². The number of primary amides is 1. The number of ether oxygens (including phenoxy) is 2. The van der Waals surface area contributed by atoms with Gasteiger partial charge in [-0.25, -0.2) is 0 Å². The summed E-state index contributed by atoms with van der Waals surface area (Å²) in [5, 5.41) is 0. The minimum Gasteiger partial charge on any atom is -0.492 e. The fourth-order valence-electron chi connectivity index (χ4n) is 3.59. The van der Waals surface area contributed by atoms with E-state index in [9.17, 15) is 9.59 Å². The Bertz CT molecular complexity index is 1100. The summed E-state index contributed by atoms with van der Waals surface area (Å²) in [5.74, 6) is 0.516. The number of nitrogens with two attached hydrogens (primary N) is 1. The molecule has 0 radical (unpaired) electrons. The monoisotopic (exact) mass is 402 g/mol. The molecule has 0 unspecified atom stereocenters. The fourth-order valence-corrected chi connectivity index (χ4v) is 3.59. The van der Waals surface area contributed by atoms with Crippen LogP contribution in [0.5, 0.6) is 11.5 Å². The molecular formula is C24H22N2O4. The molecule has 30 heavy (non-hydrogen) atoms. The van der Waals surface area contributed by atoms with Crippen LogP contribution in [0.25, 0.3) is 0 Å². The van der Waals surface area contributed by atoms with Gasteiger partial charge in [0.1, 0.15) is 11.5 Å². The highest BCUT2D eigenvalue weighted by molar-refractivity contribution is 6.01. The van der Waals surface area contributed by atoms with Crippen LogP contribution in [0.15, 0.2) is 67.0 Å². The molecule has 152 valence electrons. The highest BCUT2D eigenvalue weighted by Crippen LogP contribution is 2.38. The first-order valence-electron chi connectivity index (χ1n) is 9.69. The third-order valence-corrected chi connectivity index (χ3v) is 5.43. The molecule has 0 aliphatic carbocycles. The third kappa shape index (κ3) is 3.52. The van der Waals surface area contributed by atoms with Gasteiger partial charge in [-0.05, 0) is 48.9 Å². The van der Waals surface area contributed by atoms with Gasteiger partial charge in [0.05, 0.1) is 18.1 Å². The van der Waals surface area contributed by atoms with Gasteiger partial charge in [-0.1, -0.05) is 19.1 Å². The van der Waals surface area contributed by atoms with Gasteiger partial charge in [0, 0.05) is 29.6 Å². The van der Waals surface area contributed by atoms with Crippen molar-refractivity contribution in [1.82, 2.24) is 4.98 Å². The zero-order valence-electron chi connectivity index (χ0n) is 16.8. The van der Waals surface area contributed by atoms with Crippen molar-refractivity contribution in [2.75, 3.05) is 6.61 Å². The van der Waals surface area contributed by atoms with Crippen LogP contribution in [-0.2, 0) is 5.60 Å². The molecule has 6 nitrogen and oxygen atoms in total. The molecule has 1 aromatic heterocycles. The van der Waals surface area contributed by atoms with Crippen molar-refractivity contribution in [1.29, 1.82) is 0 Å². The molecule has 0 spiro atoms. The number of Topliss-reactive ketones (excluding diaryl/α,β-unsaturated/α-hetero) is 1. The smallest absolute Gasteiger partial charge is 0.248 e. The van der Waals surface area contributed by atoms with Crippen molar-refractivity contribution in [3.63, 3.8) is 0 Å². The quantitative estimate of drug-likeness (QED) is 0.702. The second-order valence-electron chi connectivity index (χ2n) is 7.55. The first-order valence-corrected chi connectivity index (χ1v) is 9.69. The molecule has 2 N–H and O–H groups in total. The van der Waals surface area contributed by atoms with Crippen LogP contribution in [0.4, 0.5) is 0 Å². The molecule has 2 heterocycles. The Kier molecular flexibility index (Phi) is 4.99. The summed E-state index contributed by atoms with van der Waals surface area (Å²) in [6.45, 7) is 4.15. The highest BCUT2D eigenvalue weighted by atomic mass is 16.5. The number of carbonyl (C=O) groups is 2.